The number of primary amides is 1. The molecule has 0 radical (unpaired) electrons. The lowest BCUT2D eigenvalue weighted by Crippen LogP contribution is -2.39. The summed E-state index contributed by atoms with van der Waals surface area (Å²) in [5.41, 5.74) is 5.08. The van der Waals surface area contributed by atoms with Gasteiger partial charge in [-0.05, 0) is 19.9 Å². The van der Waals surface area contributed by atoms with Gasteiger partial charge < -0.3 is 5.73 Å². The van der Waals surface area contributed by atoms with Crippen molar-refractivity contribution in [3.05, 3.63) is 0 Å². The van der Waals surface area contributed by atoms with E-state index in [9.17, 15) is 4.79 Å². The van der Waals surface area contributed by atoms with Crippen LogP contribution in [0, 0.1) is 0 Å². The first kappa shape index (κ1) is 10.4. The van der Waals surface area contributed by atoms with E-state index < -0.39 is 0 Å². The smallest absolute Gasteiger partial charge is 0.231 e. The highest BCUT2D eigenvalue weighted by molar-refractivity contribution is 5.75. The van der Waals surface area contributed by atoms with Crippen LogP contribution in [-0.2, 0) is 4.79 Å². The molecule has 0 aliphatic heterocycles. The molecule has 0 aromatic rings. The van der Waals surface area contributed by atoms with Crippen LogP contribution in [-0.4, -0.2) is 29.9 Å². The van der Waals surface area contributed by atoms with Gasteiger partial charge in [0.25, 0.3) is 0 Å². The molecule has 2 N–H and O–H groups in total. The molecule has 1 amide bonds. The minimum Gasteiger partial charge on any atom is -0.369 e. The van der Waals surface area contributed by atoms with Crippen LogP contribution in [0.2, 0.25) is 0 Å². The first-order valence-electron chi connectivity index (χ1n) is 4.14. The number of rotatable bonds is 5. The average Bonchev–Trinajstić information content (AvgIpc) is 1.98. The molecule has 11 heavy (non-hydrogen) atoms. The largest absolute Gasteiger partial charge is 0.369 e. The molecular formula is C8H18N2O. The third-order valence-corrected chi connectivity index (χ3v) is 1.98. The number of hydrogen-bond donors (Lipinski definition) is 1. The number of amides is 1. The number of carbonyl (C=O) groups excluding carboxylic acids is 1. The van der Waals surface area contributed by atoms with E-state index in [0.717, 1.165) is 13.0 Å². The Labute approximate surface area is 68.6 Å². The van der Waals surface area contributed by atoms with Gasteiger partial charge >= 0.3 is 0 Å². The first-order chi connectivity index (χ1) is 5.11. The van der Waals surface area contributed by atoms with Crippen molar-refractivity contribution in [3.63, 3.8) is 0 Å². The van der Waals surface area contributed by atoms with Crippen molar-refractivity contribution in [1.82, 2.24) is 4.90 Å². The lowest BCUT2D eigenvalue weighted by molar-refractivity contribution is -0.119. The topological polar surface area (TPSA) is 46.3 Å². The van der Waals surface area contributed by atoms with Crippen molar-refractivity contribution in [2.45, 2.75) is 33.2 Å². The summed E-state index contributed by atoms with van der Waals surface area (Å²) in [5.74, 6) is -0.243. The van der Waals surface area contributed by atoms with Gasteiger partial charge in [-0.1, -0.05) is 13.8 Å². The van der Waals surface area contributed by atoms with E-state index in [0.29, 0.717) is 12.6 Å². The molecule has 0 heterocycles. The van der Waals surface area contributed by atoms with Gasteiger partial charge in [0.15, 0.2) is 0 Å². The third kappa shape index (κ3) is 3.98. The number of hydrogen-bond acceptors (Lipinski definition) is 2. The number of likely N-dealkylation sites (N-methyl/N-ethyl adjacent to an activating group) is 1. The summed E-state index contributed by atoms with van der Waals surface area (Å²) in [5, 5.41) is 0. The predicted molar refractivity (Wildman–Crippen MR) is 46.2 cm³/mol. The van der Waals surface area contributed by atoms with Gasteiger partial charge in [-0.2, -0.15) is 0 Å². The molecule has 0 aromatic heterocycles. The van der Waals surface area contributed by atoms with Crippen molar-refractivity contribution in [3.8, 4) is 0 Å². The summed E-state index contributed by atoms with van der Waals surface area (Å²) in [6, 6.07) is 0.451. The molecule has 0 aliphatic rings. The summed E-state index contributed by atoms with van der Waals surface area (Å²) < 4.78 is 0. The highest BCUT2D eigenvalue weighted by atomic mass is 16.1. The average molecular weight is 158 g/mol. The number of nitrogens with two attached hydrogens (primary N) is 1. The van der Waals surface area contributed by atoms with Gasteiger partial charge in [0.2, 0.25) is 5.91 Å². The zero-order valence-corrected chi connectivity index (χ0v) is 7.63. The molecule has 1 unspecified atom stereocenters. The molecule has 0 saturated heterocycles. The molecule has 3 nitrogen and oxygen atoms in total. The Morgan fingerprint density at radius 3 is 2.36 bits per heavy atom. The number of carbonyl (C=O) groups is 1. The Kier molecular flexibility index (Phi) is 4.86. The van der Waals surface area contributed by atoms with Crippen LogP contribution >= 0.6 is 0 Å². The lowest BCUT2D eigenvalue weighted by atomic mass is 10.2. The van der Waals surface area contributed by atoms with Crippen LogP contribution in [0.5, 0.6) is 0 Å². The van der Waals surface area contributed by atoms with Crippen LogP contribution < -0.4 is 5.73 Å². The molecule has 0 aliphatic carbocycles. The molecule has 0 rings (SSSR count). The Morgan fingerprint density at radius 1 is 1.55 bits per heavy atom. The molecule has 0 spiro atoms. The van der Waals surface area contributed by atoms with Crippen LogP contribution in [0.1, 0.15) is 27.2 Å². The maximum absolute atomic E-state index is 10.6. The molecule has 66 valence electrons. The van der Waals surface area contributed by atoms with Crippen molar-refractivity contribution in [2.24, 2.45) is 5.73 Å². The minimum absolute atomic E-state index is 0.243. The van der Waals surface area contributed by atoms with Crippen molar-refractivity contribution < 1.29 is 4.79 Å². The quantitative estimate of drug-likeness (QED) is 0.636. The van der Waals surface area contributed by atoms with Gasteiger partial charge in [-0.3, -0.25) is 9.69 Å². The van der Waals surface area contributed by atoms with Crippen LogP contribution in [0.4, 0.5) is 0 Å². The second-order valence-corrected chi connectivity index (χ2v) is 2.79. The second kappa shape index (κ2) is 5.13. The van der Waals surface area contributed by atoms with Crippen LogP contribution in [0.25, 0.3) is 0 Å². The van der Waals surface area contributed by atoms with Crippen molar-refractivity contribution in [1.29, 1.82) is 0 Å². The molecule has 0 fully saturated rings. The fourth-order valence-electron chi connectivity index (χ4n) is 1.04. The standard InChI is InChI=1S/C8H18N2O/c1-4-7(3)10(5-2)6-8(9)11/h7H,4-6H2,1-3H3,(H2,9,11). The van der Waals surface area contributed by atoms with Gasteiger partial charge in [-0.25, -0.2) is 0 Å². The van der Waals surface area contributed by atoms with E-state index >= 15 is 0 Å². The molecule has 3 heteroatoms. The van der Waals surface area contributed by atoms with Crippen LogP contribution in [0.15, 0.2) is 0 Å². The lowest BCUT2D eigenvalue weighted by Gasteiger charge is -2.24. The Bertz CT molecular complexity index is 125. The molecule has 0 saturated carbocycles. The highest BCUT2D eigenvalue weighted by Crippen LogP contribution is 2.01. The summed E-state index contributed by atoms with van der Waals surface area (Å²) in [7, 11) is 0. The van der Waals surface area contributed by atoms with Crippen molar-refractivity contribution >= 4 is 5.91 Å². The molecular weight excluding hydrogens is 140 g/mol. The third-order valence-electron chi connectivity index (χ3n) is 1.98. The maximum atomic E-state index is 10.6. The van der Waals surface area contributed by atoms with Crippen molar-refractivity contribution in [2.75, 3.05) is 13.1 Å². The number of nitrogens with zero attached hydrogens (tertiary/aromatic N) is 1. The monoisotopic (exact) mass is 158 g/mol. The van der Waals surface area contributed by atoms with Gasteiger partial charge in [0.1, 0.15) is 0 Å². The summed E-state index contributed by atoms with van der Waals surface area (Å²) in [6.45, 7) is 7.51. The molecule has 1 atom stereocenters. The van der Waals surface area contributed by atoms with E-state index in [1.807, 2.05) is 6.92 Å². The Morgan fingerprint density at radius 2 is 2.09 bits per heavy atom. The summed E-state index contributed by atoms with van der Waals surface area (Å²) >= 11 is 0. The Hall–Kier alpha value is -0.570. The zero-order chi connectivity index (χ0) is 8.85. The maximum Gasteiger partial charge on any atom is 0.231 e. The van der Waals surface area contributed by atoms with E-state index in [2.05, 4.69) is 18.7 Å². The van der Waals surface area contributed by atoms with Crippen LogP contribution in [0.3, 0.4) is 0 Å². The Balaban J connectivity index is 3.84. The molecule has 0 bridgehead atoms. The fraction of sp³-hybridized carbons (Fsp3) is 0.875. The normalized spacial score (nSPS) is 13.5. The minimum atomic E-state index is -0.243. The van der Waals surface area contributed by atoms with Gasteiger partial charge in [0.05, 0.1) is 6.54 Å². The van der Waals surface area contributed by atoms with Gasteiger partial charge in [0, 0.05) is 6.04 Å². The van der Waals surface area contributed by atoms with E-state index in [4.69, 9.17) is 5.73 Å². The fourth-order valence-corrected chi connectivity index (χ4v) is 1.04. The van der Waals surface area contributed by atoms with E-state index in [1.54, 1.807) is 0 Å². The SMILES string of the molecule is CCC(C)N(CC)CC(N)=O. The highest BCUT2D eigenvalue weighted by Gasteiger charge is 2.11. The van der Waals surface area contributed by atoms with E-state index in [-0.39, 0.29) is 5.91 Å². The predicted octanol–water partition coefficient (Wildman–Crippen LogP) is 0.592. The summed E-state index contributed by atoms with van der Waals surface area (Å²) in [6.07, 6.45) is 1.06. The second-order valence-electron chi connectivity index (χ2n) is 2.79. The zero-order valence-electron chi connectivity index (χ0n) is 7.63. The molecule has 0 aromatic carbocycles. The summed E-state index contributed by atoms with van der Waals surface area (Å²) in [4.78, 5) is 12.6. The van der Waals surface area contributed by atoms with Gasteiger partial charge in [-0.15, -0.1) is 0 Å². The van der Waals surface area contributed by atoms with E-state index in [1.165, 1.54) is 0 Å². The first-order valence-corrected chi connectivity index (χ1v) is 4.14.